The Kier molecular flexibility index (Phi) is 17.1. The molecule has 0 N–H and O–H groups in total. The molecule has 0 atom stereocenters. The molecule has 2 nitrogen and oxygen atoms in total. The minimum absolute atomic E-state index is 0.0655. The van der Waals surface area contributed by atoms with Gasteiger partial charge in [0.1, 0.15) is 11.5 Å². The van der Waals surface area contributed by atoms with Gasteiger partial charge in [-0.25, -0.2) is 0 Å². The molecule has 0 aliphatic rings. The summed E-state index contributed by atoms with van der Waals surface area (Å²) in [5.41, 5.74) is 24.2. The van der Waals surface area contributed by atoms with Crippen LogP contribution in [0.1, 0.15) is 211 Å². The fraction of sp³-hybridized carbons (Fsp3) is 0.400. The van der Waals surface area contributed by atoms with Crippen LogP contribution in [-0.4, -0.2) is 0 Å². The molecule has 83 heavy (non-hydrogen) atoms. The van der Waals surface area contributed by atoms with Gasteiger partial charge in [0.25, 0.3) is 9.03 Å². The Hall–Kier alpha value is -6.21. The van der Waals surface area contributed by atoms with Crippen LogP contribution in [0.3, 0.4) is 0 Å². The summed E-state index contributed by atoms with van der Waals surface area (Å²) in [4.78, 5) is 0. The van der Waals surface area contributed by atoms with Gasteiger partial charge in [-0.15, -0.1) is 0 Å². The first-order valence-electron chi connectivity index (χ1n) is 30.4. The van der Waals surface area contributed by atoms with Crippen LogP contribution < -0.4 is 9.05 Å². The number of para-hydroxylation sites is 2. The molecule has 8 aromatic carbocycles. The molecule has 0 saturated carbocycles. The van der Waals surface area contributed by atoms with E-state index in [2.05, 4.69) is 324 Å². The van der Waals surface area contributed by atoms with Crippen molar-refractivity contribution in [2.45, 2.75) is 209 Å². The van der Waals surface area contributed by atoms with Crippen molar-refractivity contribution in [3.63, 3.8) is 0 Å². The maximum absolute atomic E-state index is 7.07. The molecule has 0 saturated heterocycles. The van der Waals surface area contributed by atoms with Crippen LogP contribution in [0.4, 0.5) is 0 Å². The van der Waals surface area contributed by atoms with Crippen LogP contribution in [0, 0.1) is 0 Å². The summed E-state index contributed by atoms with van der Waals surface area (Å²) in [6.45, 7) is 56.6. The molecule has 8 rings (SSSR count). The molecule has 0 aromatic heterocycles. The van der Waals surface area contributed by atoms with E-state index in [1.165, 1.54) is 89.0 Å². The van der Waals surface area contributed by atoms with Crippen molar-refractivity contribution < 1.29 is 9.05 Å². The quantitative estimate of drug-likeness (QED) is 0.127. The number of rotatable bonds is 10. The SMILES string of the molecule is CC(C)(C)c1cccc(-c2cccc(-c3ccccc3OPOc3ccccc3-c3cccc(-c4cccc(C(C)(C)C)c4C(C)(C)C)c3-c3cccc(C(C)(C)C)c3C(C)(C)C)c2-c2cccc(C(C)(C)C)c2C(C)(C)C)c1C(C)(C)C. The van der Waals surface area contributed by atoms with E-state index in [0.29, 0.717) is 0 Å². The molecule has 3 heteroatoms. The van der Waals surface area contributed by atoms with Gasteiger partial charge in [0.2, 0.25) is 0 Å². The third kappa shape index (κ3) is 13.1. The summed E-state index contributed by atoms with van der Waals surface area (Å²) in [6.07, 6.45) is 0. The minimum atomic E-state index is -0.341. The van der Waals surface area contributed by atoms with Crippen LogP contribution in [0.2, 0.25) is 0 Å². The fourth-order valence-corrected chi connectivity index (χ4v) is 13.6. The van der Waals surface area contributed by atoms with E-state index < -0.39 is 0 Å². The molecular formula is C80H99O2P. The maximum Gasteiger partial charge on any atom is 0.275 e. The van der Waals surface area contributed by atoms with Crippen molar-refractivity contribution in [1.29, 1.82) is 0 Å². The molecule has 0 aliphatic carbocycles. The normalized spacial score (nSPS) is 13.1. The highest BCUT2D eigenvalue weighted by molar-refractivity contribution is 7.27. The van der Waals surface area contributed by atoms with Crippen molar-refractivity contribution in [2.24, 2.45) is 0 Å². The van der Waals surface area contributed by atoms with E-state index in [4.69, 9.17) is 9.05 Å². The van der Waals surface area contributed by atoms with Crippen LogP contribution in [0.15, 0.2) is 158 Å². The first-order chi connectivity index (χ1) is 38.3. The molecule has 0 fully saturated rings. The summed E-state index contributed by atoms with van der Waals surface area (Å²) >= 11 is 0. The highest BCUT2D eigenvalue weighted by Gasteiger charge is 2.36. The van der Waals surface area contributed by atoms with Gasteiger partial charge in [-0.05, 0) is 156 Å². The molecule has 0 heterocycles. The smallest absolute Gasteiger partial charge is 0.275 e. The van der Waals surface area contributed by atoms with Gasteiger partial charge in [-0.1, -0.05) is 312 Å². The van der Waals surface area contributed by atoms with Crippen molar-refractivity contribution in [3.8, 4) is 78.3 Å². The summed E-state index contributed by atoms with van der Waals surface area (Å²) in [5, 5.41) is 0. The lowest BCUT2D eigenvalue weighted by atomic mass is 9.69. The van der Waals surface area contributed by atoms with E-state index in [1.807, 2.05) is 0 Å². The lowest BCUT2D eigenvalue weighted by molar-refractivity contribution is 0.518. The van der Waals surface area contributed by atoms with E-state index in [1.54, 1.807) is 0 Å². The Labute approximate surface area is 505 Å². The van der Waals surface area contributed by atoms with Gasteiger partial charge >= 0.3 is 0 Å². The second-order valence-electron chi connectivity index (χ2n) is 31.6. The standard InChI is InChI=1S/C80H99O2P/c1-73(2,3)61-45-31-41-57(69(61)77(13,14)15)55-39-29-37-53(67(55)59-43-33-47-63(75(7,8)9)71(59)79(19,20)21)51-35-25-27-49-65(51)81-83-82-66-50-28-26-36-52(66)54-38-30-40-56(58-42-32-46-62(74(4,5)6)70(58)78(16,17)18)68(54)60-44-34-48-64(76(10,11)12)72(60)80(22,23)24/h25-50,83H,1-24H3. The van der Waals surface area contributed by atoms with Gasteiger partial charge in [0.15, 0.2) is 0 Å². The third-order valence-electron chi connectivity index (χ3n) is 16.4. The largest absolute Gasteiger partial charge is 0.440 e. The van der Waals surface area contributed by atoms with Gasteiger partial charge in [-0.3, -0.25) is 0 Å². The van der Waals surface area contributed by atoms with Crippen molar-refractivity contribution in [1.82, 2.24) is 0 Å². The predicted molar refractivity (Wildman–Crippen MR) is 365 cm³/mol. The predicted octanol–water partition coefficient (Wildman–Crippen LogP) is 24.0. The summed E-state index contributed by atoms with van der Waals surface area (Å²) in [7, 11) is -0.341. The van der Waals surface area contributed by atoms with Crippen LogP contribution >= 0.6 is 9.03 Å². The monoisotopic (exact) mass is 1120 g/mol. The Morgan fingerprint density at radius 1 is 0.205 bits per heavy atom. The van der Waals surface area contributed by atoms with E-state index in [9.17, 15) is 0 Å². The summed E-state index contributed by atoms with van der Waals surface area (Å²) < 4.78 is 14.1. The Morgan fingerprint density at radius 3 is 0.675 bits per heavy atom. The zero-order valence-electron chi connectivity index (χ0n) is 55.3. The van der Waals surface area contributed by atoms with Crippen LogP contribution in [-0.2, 0) is 43.3 Å². The van der Waals surface area contributed by atoms with Gasteiger partial charge in [0.05, 0.1) is 0 Å². The molecule has 436 valence electrons. The number of benzene rings is 8. The lowest BCUT2D eigenvalue weighted by Crippen LogP contribution is -2.24. The lowest BCUT2D eigenvalue weighted by Gasteiger charge is -2.35. The Bertz CT molecular complexity index is 3420. The Balaban J connectivity index is 1.34. The average Bonchev–Trinajstić information content (AvgIpc) is 1.23. The molecule has 0 aliphatic heterocycles. The molecular weight excluding hydrogens is 1020 g/mol. The van der Waals surface area contributed by atoms with Crippen molar-refractivity contribution in [3.05, 3.63) is 202 Å². The fourth-order valence-electron chi connectivity index (χ4n) is 13.1. The first kappa shape index (κ1) is 62.8. The van der Waals surface area contributed by atoms with Crippen molar-refractivity contribution in [2.75, 3.05) is 0 Å². The highest BCUT2D eigenvalue weighted by atomic mass is 31.1. The van der Waals surface area contributed by atoms with Gasteiger partial charge < -0.3 is 9.05 Å². The third-order valence-corrected chi connectivity index (χ3v) is 17.0. The minimum Gasteiger partial charge on any atom is -0.440 e. The topological polar surface area (TPSA) is 18.5 Å². The van der Waals surface area contributed by atoms with E-state index in [-0.39, 0.29) is 52.4 Å². The molecule has 8 aromatic rings. The molecule has 0 unspecified atom stereocenters. The molecule has 0 bridgehead atoms. The maximum atomic E-state index is 7.07. The molecule has 0 radical (unpaired) electrons. The summed E-state index contributed by atoms with van der Waals surface area (Å²) in [5.74, 6) is 1.55. The molecule has 0 spiro atoms. The van der Waals surface area contributed by atoms with Crippen LogP contribution in [0.25, 0.3) is 66.8 Å². The zero-order valence-corrected chi connectivity index (χ0v) is 56.3. The highest BCUT2D eigenvalue weighted by Crippen LogP contribution is 2.54. The second-order valence-corrected chi connectivity index (χ2v) is 32.2. The second kappa shape index (κ2) is 22.7. The zero-order chi connectivity index (χ0) is 61.2. The number of hydrogen-bond acceptors (Lipinski definition) is 2. The number of hydrogen-bond donors (Lipinski definition) is 0. The molecule has 0 amide bonds. The van der Waals surface area contributed by atoms with E-state index in [0.717, 1.165) is 33.8 Å². The summed E-state index contributed by atoms with van der Waals surface area (Å²) in [6, 6.07) is 58.9. The first-order valence-corrected chi connectivity index (χ1v) is 31.3. The van der Waals surface area contributed by atoms with Crippen molar-refractivity contribution >= 4 is 9.03 Å². The van der Waals surface area contributed by atoms with E-state index >= 15 is 0 Å². The average molecular weight is 1120 g/mol. The van der Waals surface area contributed by atoms with Gasteiger partial charge in [0, 0.05) is 11.1 Å². The Morgan fingerprint density at radius 2 is 0.410 bits per heavy atom. The van der Waals surface area contributed by atoms with Crippen LogP contribution in [0.5, 0.6) is 11.5 Å². The van der Waals surface area contributed by atoms with Gasteiger partial charge in [-0.2, -0.15) is 0 Å².